The molecule has 23 heavy (non-hydrogen) atoms. The summed E-state index contributed by atoms with van der Waals surface area (Å²) < 4.78 is 25.4. The Morgan fingerprint density at radius 1 is 1.30 bits per heavy atom. The van der Waals surface area contributed by atoms with Crippen LogP contribution in [0.5, 0.6) is 0 Å². The van der Waals surface area contributed by atoms with E-state index in [9.17, 15) is 13.2 Å². The molecule has 1 aromatic rings. The second kappa shape index (κ2) is 7.79. The quantitative estimate of drug-likeness (QED) is 0.875. The van der Waals surface area contributed by atoms with E-state index in [1.54, 1.807) is 35.2 Å². The van der Waals surface area contributed by atoms with Crippen molar-refractivity contribution in [3.63, 3.8) is 0 Å². The fraction of sp³-hybridized carbons (Fsp3) is 0.562. The minimum atomic E-state index is -3.39. The number of piperidine rings is 1. The summed E-state index contributed by atoms with van der Waals surface area (Å²) in [5.41, 5.74) is 0. The van der Waals surface area contributed by atoms with Crippen LogP contribution in [0.1, 0.15) is 12.8 Å². The molecule has 1 N–H and O–H groups in total. The first-order valence-corrected chi connectivity index (χ1v) is 9.42. The zero-order chi connectivity index (χ0) is 16.9. The molecule has 1 atom stereocenters. The van der Waals surface area contributed by atoms with Gasteiger partial charge in [0, 0.05) is 26.2 Å². The average molecular weight is 339 g/mol. The standard InChI is InChI=1S/C16H25N3O3S/c1-18(2)12-10-17-16(20)19-11-6-9-15(13-19)23(21,22)14-7-4-3-5-8-14/h3-5,7-8,15H,6,9-13H2,1-2H3,(H,17,20). The number of carbonyl (C=O) groups excluding carboxylic acids is 1. The minimum Gasteiger partial charge on any atom is -0.337 e. The second-order valence-corrected chi connectivity index (χ2v) is 8.33. The highest BCUT2D eigenvalue weighted by Gasteiger charge is 2.33. The SMILES string of the molecule is CN(C)CCNC(=O)N1CCCC(S(=O)(=O)c2ccccc2)C1. The Labute approximate surface area is 138 Å². The molecule has 1 aromatic carbocycles. The lowest BCUT2D eigenvalue weighted by molar-refractivity contribution is 0.186. The number of sulfone groups is 1. The van der Waals surface area contributed by atoms with Gasteiger partial charge in [-0.3, -0.25) is 0 Å². The van der Waals surface area contributed by atoms with Gasteiger partial charge in [0.25, 0.3) is 0 Å². The molecule has 1 fully saturated rings. The van der Waals surface area contributed by atoms with Gasteiger partial charge in [-0.25, -0.2) is 13.2 Å². The van der Waals surface area contributed by atoms with Crippen LogP contribution in [0.25, 0.3) is 0 Å². The van der Waals surface area contributed by atoms with Crippen LogP contribution in [0.15, 0.2) is 35.2 Å². The van der Waals surface area contributed by atoms with Crippen molar-refractivity contribution in [1.29, 1.82) is 0 Å². The van der Waals surface area contributed by atoms with Gasteiger partial charge in [-0.05, 0) is 39.1 Å². The number of likely N-dealkylation sites (tertiary alicyclic amines) is 1. The van der Waals surface area contributed by atoms with E-state index in [1.165, 1.54) is 0 Å². The van der Waals surface area contributed by atoms with Crippen molar-refractivity contribution < 1.29 is 13.2 Å². The van der Waals surface area contributed by atoms with Gasteiger partial charge in [0.15, 0.2) is 9.84 Å². The molecule has 0 aromatic heterocycles. The Balaban J connectivity index is 1.99. The number of urea groups is 1. The number of amides is 2. The van der Waals surface area contributed by atoms with Crippen LogP contribution in [0.2, 0.25) is 0 Å². The molecule has 0 radical (unpaired) electrons. The molecule has 0 spiro atoms. The highest BCUT2D eigenvalue weighted by atomic mass is 32.2. The molecule has 128 valence electrons. The van der Waals surface area contributed by atoms with Crippen molar-refractivity contribution in [2.24, 2.45) is 0 Å². The predicted octanol–water partition coefficient (Wildman–Crippen LogP) is 1.20. The third kappa shape index (κ3) is 4.68. The number of rotatable bonds is 5. The Bertz CT molecular complexity index is 617. The molecule has 6 nitrogen and oxygen atoms in total. The van der Waals surface area contributed by atoms with Gasteiger partial charge in [-0.15, -0.1) is 0 Å². The topological polar surface area (TPSA) is 69.7 Å². The van der Waals surface area contributed by atoms with Gasteiger partial charge in [-0.2, -0.15) is 0 Å². The smallest absolute Gasteiger partial charge is 0.317 e. The van der Waals surface area contributed by atoms with E-state index in [-0.39, 0.29) is 12.6 Å². The summed E-state index contributed by atoms with van der Waals surface area (Å²) in [6.45, 7) is 2.17. The molecule has 0 saturated carbocycles. The molecule has 1 saturated heterocycles. The summed E-state index contributed by atoms with van der Waals surface area (Å²) in [5.74, 6) is 0. The molecule has 2 rings (SSSR count). The highest BCUT2D eigenvalue weighted by Crippen LogP contribution is 2.23. The molecule has 2 amide bonds. The lowest BCUT2D eigenvalue weighted by Gasteiger charge is -2.32. The van der Waals surface area contributed by atoms with Crippen molar-refractivity contribution in [3.8, 4) is 0 Å². The van der Waals surface area contributed by atoms with Crippen molar-refractivity contribution >= 4 is 15.9 Å². The Kier molecular flexibility index (Phi) is 6.01. The summed E-state index contributed by atoms with van der Waals surface area (Å²) >= 11 is 0. The number of carbonyl (C=O) groups is 1. The van der Waals surface area contributed by atoms with Crippen molar-refractivity contribution in [2.45, 2.75) is 23.0 Å². The van der Waals surface area contributed by atoms with E-state index in [1.807, 2.05) is 19.0 Å². The van der Waals surface area contributed by atoms with Crippen molar-refractivity contribution in [1.82, 2.24) is 15.1 Å². The summed E-state index contributed by atoms with van der Waals surface area (Å²) in [7, 11) is 0.488. The first kappa shape index (κ1) is 17.7. The maximum Gasteiger partial charge on any atom is 0.317 e. The second-order valence-electron chi connectivity index (χ2n) is 6.10. The maximum atomic E-state index is 12.7. The fourth-order valence-electron chi connectivity index (χ4n) is 2.68. The maximum absolute atomic E-state index is 12.7. The van der Waals surface area contributed by atoms with Gasteiger partial charge < -0.3 is 15.1 Å². The minimum absolute atomic E-state index is 0.181. The first-order chi connectivity index (χ1) is 10.9. The van der Waals surface area contributed by atoms with Crippen LogP contribution in [0.4, 0.5) is 4.79 Å². The third-order valence-electron chi connectivity index (χ3n) is 4.01. The Hall–Kier alpha value is -1.60. The van der Waals surface area contributed by atoms with E-state index >= 15 is 0 Å². The van der Waals surface area contributed by atoms with Crippen LogP contribution >= 0.6 is 0 Å². The van der Waals surface area contributed by atoms with E-state index in [2.05, 4.69) is 5.32 Å². The molecule has 1 unspecified atom stereocenters. The Morgan fingerprint density at radius 2 is 2.00 bits per heavy atom. The number of likely N-dealkylation sites (N-methyl/N-ethyl adjacent to an activating group) is 1. The molecule has 1 heterocycles. The molecule has 1 aliphatic heterocycles. The molecule has 7 heteroatoms. The Morgan fingerprint density at radius 3 is 2.65 bits per heavy atom. The van der Waals surface area contributed by atoms with E-state index < -0.39 is 15.1 Å². The number of benzene rings is 1. The first-order valence-electron chi connectivity index (χ1n) is 7.87. The largest absolute Gasteiger partial charge is 0.337 e. The lowest BCUT2D eigenvalue weighted by Crippen LogP contribution is -2.49. The van der Waals surface area contributed by atoms with Crippen molar-refractivity contribution in [3.05, 3.63) is 30.3 Å². The van der Waals surface area contributed by atoms with Crippen LogP contribution in [0, 0.1) is 0 Å². The zero-order valence-corrected chi connectivity index (χ0v) is 14.6. The average Bonchev–Trinajstić information content (AvgIpc) is 2.55. The number of nitrogens with one attached hydrogen (secondary N) is 1. The normalized spacial score (nSPS) is 18.9. The third-order valence-corrected chi connectivity index (χ3v) is 6.20. The lowest BCUT2D eigenvalue weighted by atomic mass is 10.1. The summed E-state index contributed by atoms with van der Waals surface area (Å²) in [5, 5.41) is 2.32. The van der Waals surface area contributed by atoms with Gasteiger partial charge in [0.2, 0.25) is 0 Å². The molecule has 0 bridgehead atoms. The number of hydrogen-bond donors (Lipinski definition) is 1. The van der Waals surface area contributed by atoms with Crippen LogP contribution < -0.4 is 5.32 Å². The van der Waals surface area contributed by atoms with Crippen molar-refractivity contribution in [2.75, 3.05) is 40.3 Å². The summed E-state index contributed by atoms with van der Waals surface area (Å²) in [4.78, 5) is 16.1. The summed E-state index contributed by atoms with van der Waals surface area (Å²) in [6.07, 6.45) is 1.30. The van der Waals surface area contributed by atoms with E-state index in [0.717, 1.165) is 6.54 Å². The van der Waals surface area contributed by atoms with E-state index in [4.69, 9.17) is 0 Å². The zero-order valence-electron chi connectivity index (χ0n) is 13.7. The monoisotopic (exact) mass is 339 g/mol. The summed E-state index contributed by atoms with van der Waals surface area (Å²) in [6, 6.07) is 8.30. The number of nitrogens with zero attached hydrogens (tertiary/aromatic N) is 2. The highest BCUT2D eigenvalue weighted by molar-refractivity contribution is 7.92. The number of hydrogen-bond acceptors (Lipinski definition) is 4. The fourth-order valence-corrected chi connectivity index (χ4v) is 4.45. The molecule has 1 aliphatic rings. The van der Waals surface area contributed by atoms with Crippen LogP contribution in [-0.2, 0) is 9.84 Å². The van der Waals surface area contributed by atoms with Gasteiger partial charge in [-0.1, -0.05) is 18.2 Å². The molecule has 0 aliphatic carbocycles. The van der Waals surface area contributed by atoms with Crippen LogP contribution in [-0.4, -0.2) is 69.8 Å². The molecular weight excluding hydrogens is 314 g/mol. The predicted molar refractivity (Wildman–Crippen MR) is 90.2 cm³/mol. The van der Waals surface area contributed by atoms with E-state index in [0.29, 0.717) is 30.8 Å². The molecular formula is C16H25N3O3S. The van der Waals surface area contributed by atoms with Crippen LogP contribution in [0.3, 0.4) is 0 Å². The van der Waals surface area contributed by atoms with Gasteiger partial charge in [0.1, 0.15) is 0 Å². The van der Waals surface area contributed by atoms with Gasteiger partial charge >= 0.3 is 6.03 Å². The van der Waals surface area contributed by atoms with Gasteiger partial charge in [0.05, 0.1) is 10.1 Å².